The Morgan fingerprint density at radius 2 is 1.52 bits per heavy atom. The van der Waals surface area contributed by atoms with Crippen molar-refractivity contribution < 1.29 is 4.79 Å². The Bertz CT molecular complexity index is 648. The molecule has 2 aromatic rings. The Kier molecular flexibility index (Phi) is 6.37. The summed E-state index contributed by atoms with van der Waals surface area (Å²) in [5.74, 6) is 0.588. The van der Waals surface area contributed by atoms with Crippen molar-refractivity contribution in [3.05, 3.63) is 71.8 Å². The van der Waals surface area contributed by atoms with E-state index in [-0.39, 0.29) is 5.92 Å². The van der Waals surface area contributed by atoms with Crippen molar-refractivity contribution in [3.63, 3.8) is 0 Å². The molecule has 1 fully saturated rings. The molecule has 132 valence electrons. The lowest BCUT2D eigenvalue weighted by molar-refractivity contribution is -0.123. The number of likely N-dealkylation sites (tertiary alicyclic amines) is 1. The number of nitrogens with zero attached hydrogens (tertiary/aromatic N) is 1. The highest BCUT2D eigenvalue weighted by molar-refractivity contribution is 5.83. The first-order chi connectivity index (χ1) is 12.3. The lowest BCUT2D eigenvalue weighted by atomic mass is 9.88. The van der Waals surface area contributed by atoms with Crippen LogP contribution in [-0.4, -0.2) is 36.4 Å². The van der Waals surface area contributed by atoms with Gasteiger partial charge in [0.2, 0.25) is 0 Å². The van der Waals surface area contributed by atoms with Crippen molar-refractivity contribution in [1.82, 2.24) is 4.90 Å². The van der Waals surface area contributed by atoms with E-state index in [1.807, 2.05) is 36.4 Å². The van der Waals surface area contributed by atoms with E-state index < -0.39 is 0 Å². The topological polar surface area (TPSA) is 46.3 Å². The van der Waals surface area contributed by atoms with E-state index in [1.54, 1.807) is 0 Å². The molecule has 1 aliphatic rings. The number of ketones is 1. The number of carbonyl (C=O) groups excluding carboxylic acids is 1. The van der Waals surface area contributed by atoms with Gasteiger partial charge in [0.05, 0.1) is 0 Å². The van der Waals surface area contributed by atoms with Crippen LogP contribution >= 0.6 is 0 Å². The zero-order chi connectivity index (χ0) is 17.5. The number of hydrogen-bond acceptors (Lipinski definition) is 3. The molecule has 0 aliphatic carbocycles. The quantitative estimate of drug-likeness (QED) is 0.845. The van der Waals surface area contributed by atoms with E-state index in [4.69, 9.17) is 5.73 Å². The summed E-state index contributed by atoms with van der Waals surface area (Å²) in [4.78, 5) is 15.0. The van der Waals surface area contributed by atoms with Crippen molar-refractivity contribution >= 4 is 5.78 Å². The molecule has 0 saturated carbocycles. The number of carbonyl (C=O) groups is 1. The smallest absolute Gasteiger partial charge is 0.140 e. The van der Waals surface area contributed by atoms with Gasteiger partial charge in [0.1, 0.15) is 5.78 Å². The average Bonchev–Trinajstić information content (AvgIpc) is 2.68. The molecule has 25 heavy (non-hydrogen) atoms. The van der Waals surface area contributed by atoms with E-state index >= 15 is 0 Å². The molecule has 3 rings (SSSR count). The first-order valence-electron chi connectivity index (χ1n) is 9.31. The maximum absolute atomic E-state index is 12.6. The van der Waals surface area contributed by atoms with Crippen LogP contribution in [0.2, 0.25) is 0 Å². The highest BCUT2D eigenvalue weighted by atomic mass is 16.1. The fraction of sp³-hybridized carbons (Fsp3) is 0.409. The molecular formula is C22H28N2O. The third-order valence-corrected chi connectivity index (χ3v) is 5.31. The van der Waals surface area contributed by atoms with E-state index in [0.29, 0.717) is 24.8 Å². The van der Waals surface area contributed by atoms with Crippen molar-refractivity contribution in [2.45, 2.75) is 31.7 Å². The molecular weight excluding hydrogens is 308 g/mol. The molecule has 0 amide bonds. The summed E-state index contributed by atoms with van der Waals surface area (Å²) < 4.78 is 0. The standard InChI is InChI=1S/C22H28N2O/c23-17-21(15-18-7-3-1-4-8-18)24-13-11-20(12-14-24)22(25)16-19-9-5-2-6-10-19/h1-10,20-21H,11-17,23H2. The highest BCUT2D eigenvalue weighted by Crippen LogP contribution is 2.22. The SMILES string of the molecule is NCC(Cc1ccccc1)N1CCC(C(=O)Cc2ccccc2)CC1. The molecule has 1 atom stereocenters. The van der Waals surface area contributed by atoms with Crippen LogP contribution in [0.5, 0.6) is 0 Å². The molecule has 1 heterocycles. The van der Waals surface area contributed by atoms with Crippen molar-refractivity contribution in [2.75, 3.05) is 19.6 Å². The van der Waals surface area contributed by atoms with Crippen LogP contribution in [0, 0.1) is 5.92 Å². The minimum Gasteiger partial charge on any atom is -0.329 e. The van der Waals surface area contributed by atoms with Crippen LogP contribution < -0.4 is 5.73 Å². The third-order valence-electron chi connectivity index (χ3n) is 5.31. The van der Waals surface area contributed by atoms with Crippen LogP contribution in [0.4, 0.5) is 0 Å². The molecule has 1 unspecified atom stereocenters. The minimum atomic E-state index is 0.201. The van der Waals surface area contributed by atoms with Gasteiger partial charge in [-0.3, -0.25) is 9.69 Å². The molecule has 3 nitrogen and oxygen atoms in total. The van der Waals surface area contributed by atoms with E-state index in [9.17, 15) is 4.79 Å². The van der Waals surface area contributed by atoms with Crippen molar-refractivity contribution in [1.29, 1.82) is 0 Å². The predicted octanol–water partition coefficient (Wildman–Crippen LogP) is 3.08. The first kappa shape index (κ1) is 17.8. The van der Waals surface area contributed by atoms with E-state index in [2.05, 4.69) is 29.2 Å². The van der Waals surface area contributed by atoms with Gasteiger partial charge in [-0.05, 0) is 43.5 Å². The summed E-state index contributed by atoms with van der Waals surface area (Å²) in [5.41, 5.74) is 8.50. The Labute approximate surface area is 150 Å². The zero-order valence-corrected chi connectivity index (χ0v) is 14.8. The second-order valence-corrected chi connectivity index (χ2v) is 7.02. The Balaban J connectivity index is 1.51. The molecule has 0 radical (unpaired) electrons. The summed E-state index contributed by atoms with van der Waals surface area (Å²) in [6.45, 7) is 2.61. The molecule has 2 aromatic carbocycles. The fourth-order valence-electron chi connectivity index (χ4n) is 3.78. The molecule has 1 aliphatic heterocycles. The number of benzene rings is 2. The number of nitrogens with two attached hydrogens (primary N) is 1. The predicted molar refractivity (Wildman–Crippen MR) is 102 cm³/mol. The van der Waals surface area contributed by atoms with E-state index in [0.717, 1.165) is 37.9 Å². The molecule has 1 saturated heterocycles. The Hall–Kier alpha value is -1.97. The monoisotopic (exact) mass is 336 g/mol. The summed E-state index contributed by atoms with van der Waals surface area (Å²) in [5, 5.41) is 0. The van der Waals surface area contributed by atoms with Crippen molar-refractivity contribution in [2.24, 2.45) is 11.7 Å². The molecule has 0 bridgehead atoms. The van der Waals surface area contributed by atoms with Crippen LogP contribution in [0.3, 0.4) is 0 Å². The maximum atomic E-state index is 12.6. The highest BCUT2D eigenvalue weighted by Gasteiger charge is 2.28. The summed E-state index contributed by atoms with van der Waals surface area (Å²) in [7, 11) is 0. The van der Waals surface area contributed by atoms with Crippen molar-refractivity contribution in [3.8, 4) is 0 Å². The van der Waals surface area contributed by atoms with E-state index in [1.165, 1.54) is 5.56 Å². The van der Waals surface area contributed by atoms with Gasteiger partial charge < -0.3 is 5.73 Å². The lowest BCUT2D eigenvalue weighted by Crippen LogP contribution is -2.47. The number of rotatable bonds is 7. The Morgan fingerprint density at radius 3 is 2.08 bits per heavy atom. The normalized spacial score (nSPS) is 17.3. The van der Waals surface area contributed by atoms with Crippen LogP contribution in [-0.2, 0) is 17.6 Å². The summed E-state index contributed by atoms with van der Waals surface area (Å²) in [6, 6.07) is 21.0. The molecule has 3 heteroatoms. The van der Waals surface area contributed by atoms with Gasteiger partial charge in [-0.15, -0.1) is 0 Å². The number of hydrogen-bond donors (Lipinski definition) is 1. The van der Waals surface area contributed by atoms with Gasteiger partial charge >= 0.3 is 0 Å². The van der Waals surface area contributed by atoms with Gasteiger partial charge in [-0.2, -0.15) is 0 Å². The second kappa shape index (κ2) is 8.93. The molecule has 0 aromatic heterocycles. The van der Waals surface area contributed by atoms with Crippen LogP contribution in [0.1, 0.15) is 24.0 Å². The van der Waals surface area contributed by atoms with Crippen LogP contribution in [0.15, 0.2) is 60.7 Å². The third kappa shape index (κ3) is 5.00. The van der Waals surface area contributed by atoms with Gasteiger partial charge in [0.15, 0.2) is 0 Å². The fourth-order valence-corrected chi connectivity index (χ4v) is 3.78. The second-order valence-electron chi connectivity index (χ2n) is 7.02. The first-order valence-corrected chi connectivity index (χ1v) is 9.31. The van der Waals surface area contributed by atoms with Gasteiger partial charge in [-0.1, -0.05) is 60.7 Å². The van der Waals surface area contributed by atoms with Crippen LogP contribution in [0.25, 0.3) is 0 Å². The van der Waals surface area contributed by atoms with Gasteiger partial charge in [-0.25, -0.2) is 0 Å². The van der Waals surface area contributed by atoms with Gasteiger partial charge in [0.25, 0.3) is 0 Å². The zero-order valence-electron chi connectivity index (χ0n) is 14.8. The summed E-state index contributed by atoms with van der Waals surface area (Å²) in [6.07, 6.45) is 3.46. The molecule has 0 spiro atoms. The summed E-state index contributed by atoms with van der Waals surface area (Å²) >= 11 is 0. The lowest BCUT2D eigenvalue weighted by Gasteiger charge is -2.37. The molecule has 2 N–H and O–H groups in total. The maximum Gasteiger partial charge on any atom is 0.140 e. The minimum absolute atomic E-state index is 0.201. The number of Topliss-reactive ketones (excluding diaryl/α,β-unsaturated/α-hetero) is 1. The average molecular weight is 336 g/mol. The largest absolute Gasteiger partial charge is 0.329 e. The van der Waals surface area contributed by atoms with Gasteiger partial charge in [0, 0.05) is 24.9 Å². The Morgan fingerprint density at radius 1 is 0.960 bits per heavy atom. The number of piperidine rings is 1.